The molecule has 0 aromatic heterocycles. The van der Waals surface area contributed by atoms with Crippen molar-refractivity contribution in [3.05, 3.63) is 34.9 Å². The quantitative estimate of drug-likeness (QED) is 0.414. The maximum Gasteiger partial charge on any atom is -0.0273 e. The highest BCUT2D eigenvalue weighted by Crippen LogP contribution is 2.36. The molecule has 0 aliphatic heterocycles. The molecule has 3 rings (SSSR count). The molecule has 0 heteroatoms. The van der Waals surface area contributed by atoms with Gasteiger partial charge in [-0.15, -0.1) is 0 Å². The molecule has 0 saturated heterocycles. The molecule has 1 saturated carbocycles. The summed E-state index contributed by atoms with van der Waals surface area (Å²) in [6.45, 7) is 17.4. The van der Waals surface area contributed by atoms with E-state index in [0.717, 1.165) is 17.8 Å². The van der Waals surface area contributed by atoms with E-state index < -0.39 is 0 Å². The molecule has 1 aromatic rings. The van der Waals surface area contributed by atoms with Crippen LogP contribution in [0.1, 0.15) is 136 Å². The van der Waals surface area contributed by atoms with Crippen LogP contribution < -0.4 is 0 Å². The summed E-state index contributed by atoms with van der Waals surface area (Å²) < 4.78 is 0. The first-order chi connectivity index (χ1) is 14.5. The van der Waals surface area contributed by atoms with E-state index >= 15 is 0 Å². The van der Waals surface area contributed by atoms with Crippen molar-refractivity contribution in [3.8, 4) is 0 Å². The van der Waals surface area contributed by atoms with Crippen LogP contribution >= 0.6 is 0 Å². The van der Waals surface area contributed by atoms with Gasteiger partial charge in [0.25, 0.3) is 0 Å². The van der Waals surface area contributed by atoms with Crippen molar-refractivity contribution < 1.29 is 0 Å². The predicted octanol–water partition coefficient (Wildman–Crippen LogP) is 10.2. The van der Waals surface area contributed by atoms with Gasteiger partial charge >= 0.3 is 0 Å². The van der Waals surface area contributed by atoms with Gasteiger partial charge in [-0.25, -0.2) is 0 Å². The van der Waals surface area contributed by atoms with E-state index in [-0.39, 0.29) is 0 Å². The minimum Gasteiger partial charge on any atom is -0.0683 e. The molecule has 0 atom stereocenters. The number of hydrogen-bond donors (Lipinski definition) is 0. The van der Waals surface area contributed by atoms with Gasteiger partial charge < -0.3 is 0 Å². The third kappa shape index (κ3) is 12.8. The molecule has 0 heterocycles. The molecule has 0 amide bonds. The first-order valence-corrected chi connectivity index (χ1v) is 13.6. The van der Waals surface area contributed by atoms with Crippen molar-refractivity contribution in [2.75, 3.05) is 0 Å². The molecule has 1 fully saturated rings. The lowest BCUT2D eigenvalue weighted by molar-refractivity contribution is 0.196. The highest BCUT2D eigenvalue weighted by molar-refractivity contribution is 5.37. The second-order valence-electron chi connectivity index (χ2n) is 9.84. The summed E-state index contributed by atoms with van der Waals surface area (Å²) >= 11 is 0. The zero-order valence-electron chi connectivity index (χ0n) is 22.2. The van der Waals surface area contributed by atoms with Gasteiger partial charge in [-0.05, 0) is 85.8 Å². The maximum absolute atomic E-state index is 2.39. The van der Waals surface area contributed by atoms with Crippen LogP contribution in [-0.4, -0.2) is 0 Å². The number of rotatable bonds is 7. The lowest BCUT2D eigenvalue weighted by atomic mass is 9.73. The van der Waals surface area contributed by atoms with Crippen LogP contribution in [0.5, 0.6) is 0 Å². The molecule has 0 unspecified atom stereocenters. The van der Waals surface area contributed by atoms with Crippen molar-refractivity contribution in [1.82, 2.24) is 0 Å². The Morgan fingerprint density at radius 2 is 1.57 bits per heavy atom. The van der Waals surface area contributed by atoms with Gasteiger partial charge in [-0.2, -0.15) is 0 Å². The van der Waals surface area contributed by atoms with Gasteiger partial charge in [0.1, 0.15) is 0 Å². The number of benzene rings is 1. The third-order valence-corrected chi connectivity index (χ3v) is 6.16. The highest BCUT2D eigenvalue weighted by Gasteiger charge is 2.24. The minimum absolute atomic E-state index is 0.903. The molecule has 2 aliphatic carbocycles. The standard InChI is InChI=1S/C18H26.C7H16.C3H8.C2H6/c1-14-12-15(13-14)6-4-8-17-10-5-9-16-7-2-3-11-18(16)17;1-4-5-6-7(2)3;1-3-2;1-2/h5,9-10,14-15H,2-4,6-8,11-13H2,1H3;7H,4-6H2,1-3H3;3H2,1-2H3;1-2H3. The zero-order valence-corrected chi connectivity index (χ0v) is 22.2. The fourth-order valence-electron chi connectivity index (χ4n) is 4.59. The summed E-state index contributed by atoms with van der Waals surface area (Å²) in [5, 5.41) is 0. The molecule has 0 radical (unpaired) electrons. The van der Waals surface area contributed by atoms with Gasteiger partial charge in [0.15, 0.2) is 0 Å². The van der Waals surface area contributed by atoms with Crippen LogP contribution in [0.25, 0.3) is 0 Å². The normalized spacial score (nSPS) is 19.1. The van der Waals surface area contributed by atoms with Gasteiger partial charge in [0.05, 0.1) is 0 Å². The van der Waals surface area contributed by atoms with Crippen molar-refractivity contribution in [2.24, 2.45) is 17.8 Å². The number of fused-ring (bicyclic) bond motifs is 1. The molecular weight excluding hydrogens is 360 g/mol. The second-order valence-corrected chi connectivity index (χ2v) is 9.84. The molecule has 0 bridgehead atoms. The Bertz CT molecular complexity index is 493. The van der Waals surface area contributed by atoms with E-state index in [1.165, 1.54) is 83.5 Å². The van der Waals surface area contributed by atoms with Gasteiger partial charge in [-0.3, -0.25) is 0 Å². The van der Waals surface area contributed by atoms with Crippen LogP contribution in [0.4, 0.5) is 0 Å². The fraction of sp³-hybridized carbons (Fsp3) is 0.800. The van der Waals surface area contributed by atoms with Gasteiger partial charge in [0, 0.05) is 0 Å². The Hall–Kier alpha value is -0.780. The zero-order chi connectivity index (χ0) is 22.8. The average Bonchev–Trinajstić information content (AvgIpc) is 2.73. The Kier molecular flexibility index (Phi) is 18.5. The van der Waals surface area contributed by atoms with Crippen LogP contribution in [0, 0.1) is 17.8 Å². The topological polar surface area (TPSA) is 0 Å². The second kappa shape index (κ2) is 18.9. The van der Waals surface area contributed by atoms with Gasteiger partial charge in [-0.1, -0.05) is 106 Å². The Morgan fingerprint density at radius 3 is 2.10 bits per heavy atom. The molecule has 0 spiro atoms. The van der Waals surface area contributed by atoms with Crippen molar-refractivity contribution in [2.45, 2.75) is 139 Å². The first kappa shape index (κ1) is 29.2. The van der Waals surface area contributed by atoms with E-state index in [2.05, 4.69) is 59.7 Å². The molecule has 0 N–H and O–H groups in total. The van der Waals surface area contributed by atoms with E-state index in [9.17, 15) is 0 Å². The highest BCUT2D eigenvalue weighted by atomic mass is 14.3. The molecule has 2 aliphatic rings. The summed E-state index contributed by atoms with van der Waals surface area (Å²) in [4.78, 5) is 0. The summed E-state index contributed by atoms with van der Waals surface area (Å²) in [7, 11) is 0. The third-order valence-electron chi connectivity index (χ3n) is 6.16. The Balaban J connectivity index is 0.000000591. The summed E-state index contributed by atoms with van der Waals surface area (Å²) in [5.74, 6) is 2.97. The van der Waals surface area contributed by atoms with Crippen molar-refractivity contribution in [1.29, 1.82) is 0 Å². The largest absolute Gasteiger partial charge is 0.0683 e. The molecule has 30 heavy (non-hydrogen) atoms. The average molecular weight is 417 g/mol. The van der Waals surface area contributed by atoms with E-state index in [1.54, 1.807) is 16.7 Å². The Morgan fingerprint density at radius 1 is 0.933 bits per heavy atom. The molecule has 0 nitrogen and oxygen atoms in total. The summed E-state index contributed by atoms with van der Waals surface area (Å²) in [6.07, 6.45) is 18.1. The summed E-state index contributed by atoms with van der Waals surface area (Å²) in [5.41, 5.74) is 5.03. The molecule has 176 valence electrons. The van der Waals surface area contributed by atoms with Crippen molar-refractivity contribution >= 4 is 0 Å². The molecule has 1 aromatic carbocycles. The van der Waals surface area contributed by atoms with Gasteiger partial charge in [0.2, 0.25) is 0 Å². The first-order valence-electron chi connectivity index (χ1n) is 13.6. The molecular formula is C30H56. The van der Waals surface area contributed by atoms with E-state index in [4.69, 9.17) is 0 Å². The van der Waals surface area contributed by atoms with E-state index in [0.29, 0.717) is 0 Å². The predicted molar refractivity (Wildman–Crippen MR) is 140 cm³/mol. The van der Waals surface area contributed by atoms with Crippen LogP contribution in [0.3, 0.4) is 0 Å². The monoisotopic (exact) mass is 416 g/mol. The van der Waals surface area contributed by atoms with E-state index in [1.807, 2.05) is 13.8 Å². The Labute approximate surface area is 191 Å². The minimum atomic E-state index is 0.903. The summed E-state index contributed by atoms with van der Waals surface area (Å²) in [6, 6.07) is 7.02. The van der Waals surface area contributed by atoms with Crippen molar-refractivity contribution in [3.63, 3.8) is 0 Å². The fourth-order valence-corrected chi connectivity index (χ4v) is 4.59. The van der Waals surface area contributed by atoms with Crippen LogP contribution in [0.2, 0.25) is 0 Å². The number of aryl methyl sites for hydroxylation is 2. The van der Waals surface area contributed by atoms with Crippen LogP contribution in [0.15, 0.2) is 18.2 Å². The lowest BCUT2D eigenvalue weighted by Crippen LogP contribution is -2.20. The smallest absolute Gasteiger partial charge is 0.0273 e. The number of unbranched alkanes of at least 4 members (excludes halogenated alkanes) is 1. The number of hydrogen-bond acceptors (Lipinski definition) is 0. The SMILES string of the molecule is CC.CC1CC(CCCc2cccc3c2CCCC3)C1.CCC.CCCCC(C)C. The van der Waals surface area contributed by atoms with Crippen LogP contribution in [-0.2, 0) is 19.3 Å². The lowest BCUT2D eigenvalue weighted by Gasteiger charge is -2.32. The maximum atomic E-state index is 2.39.